The van der Waals surface area contributed by atoms with Crippen molar-refractivity contribution in [1.29, 1.82) is 0 Å². The summed E-state index contributed by atoms with van der Waals surface area (Å²) < 4.78 is 29.2. The smallest absolute Gasteiger partial charge is 0.271 e. The monoisotopic (exact) mass is 446 g/mol. The van der Waals surface area contributed by atoms with Gasteiger partial charge in [-0.2, -0.15) is 0 Å². The summed E-state index contributed by atoms with van der Waals surface area (Å²) in [5, 5.41) is 0.881. The number of anilines is 1. The molecule has 2 heterocycles. The highest BCUT2D eigenvalue weighted by atomic mass is 79.9. The molecule has 0 fully saturated rings. The van der Waals surface area contributed by atoms with Crippen LogP contribution in [0.2, 0.25) is 0 Å². The molecular formula is C13H8Br2N2O2S2. The van der Waals surface area contributed by atoms with E-state index in [9.17, 15) is 8.42 Å². The zero-order chi connectivity index (χ0) is 15.0. The van der Waals surface area contributed by atoms with Gasteiger partial charge in [0.2, 0.25) is 0 Å². The van der Waals surface area contributed by atoms with E-state index in [1.807, 2.05) is 18.2 Å². The molecule has 108 valence electrons. The summed E-state index contributed by atoms with van der Waals surface area (Å²) in [5.41, 5.74) is 1.09. The maximum atomic E-state index is 12.4. The molecule has 0 spiro atoms. The lowest BCUT2D eigenvalue weighted by Gasteiger charge is -2.08. The van der Waals surface area contributed by atoms with E-state index in [1.165, 1.54) is 0 Å². The van der Waals surface area contributed by atoms with E-state index in [0.29, 0.717) is 15.7 Å². The van der Waals surface area contributed by atoms with Crippen LogP contribution in [-0.2, 0) is 10.0 Å². The van der Waals surface area contributed by atoms with Crippen molar-refractivity contribution in [2.75, 3.05) is 4.72 Å². The fourth-order valence-electron chi connectivity index (χ4n) is 1.84. The number of hydrogen-bond donors (Lipinski definition) is 1. The van der Waals surface area contributed by atoms with Crippen molar-refractivity contribution in [3.8, 4) is 0 Å². The number of nitrogens with zero attached hydrogens (tertiary/aromatic N) is 1. The van der Waals surface area contributed by atoms with Gasteiger partial charge in [-0.05, 0) is 50.1 Å². The zero-order valence-electron chi connectivity index (χ0n) is 10.4. The molecule has 0 bridgehead atoms. The van der Waals surface area contributed by atoms with Gasteiger partial charge in [-0.15, -0.1) is 11.3 Å². The van der Waals surface area contributed by atoms with Crippen molar-refractivity contribution in [1.82, 2.24) is 4.98 Å². The molecule has 1 aromatic carbocycles. The molecule has 3 aromatic rings. The second-order valence-electron chi connectivity index (χ2n) is 4.17. The van der Waals surface area contributed by atoms with Crippen molar-refractivity contribution < 1.29 is 8.42 Å². The largest absolute Gasteiger partial charge is 0.277 e. The third kappa shape index (κ3) is 2.98. The normalized spacial score (nSPS) is 11.7. The van der Waals surface area contributed by atoms with Crippen LogP contribution in [0.4, 0.5) is 5.69 Å². The number of thiophene rings is 1. The number of rotatable bonds is 3. The quantitative estimate of drug-likeness (QED) is 0.637. The van der Waals surface area contributed by atoms with E-state index in [4.69, 9.17) is 0 Å². The highest BCUT2D eigenvalue weighted by Gasteiger charge is 2.20. The van der Waals surface area contributed by atoms with Crippen LogP contribution in [-0.4, -0.2) is 13.4 Å². The number of halogens is 2. The van der Waals surface area contributed by atoms with Gasteiger partial charge in [0.25, 0.3) is 10.0 Å². The van der Waals surface area contributed by atoms with Crippen LogP contribution in [0.25, 0.3) is 10.9 Å². The molecule has 0 atom stereocenters. The van der Waals surface area contributed by atoms with Crippen LogP contribution in [0.3, 0.4) is 0 Å². The second-order valence-corrected chi connectivity index (χ2v) is 9.31. The fourth-order valence-corrected chi connectivity index (χ4v) is 5.73. The molecule has 0 aliphatic rings. The summed E-state index contributed by atoms with van der Waals surface area (Å²) in [6, 6.07) is 10.6. The van der Waals surface area contributed by atoms with Gasteiger partial charge in [0.1, 0.15) is 4.21 Å². The number of hydrogen-bond acceptors (Lipinski definition) is 4. The molecule has 0 aliphatic heterocycles. The molecule has 0 aliphatic carbocycles. The standard InChI is InChI=1S/C13H8Br2N2O2S2/c14-9-7-11(20-13(9)15)21(18,19)17-10-5-1-3-8-4-2-6-16-12(8)10/h1-7,17H. The number of aromatic nitrogens is 1. The van der Waals surface area contributed by atoms with Crippen LogP contribution in [0.1, 0.15) is 0 Å². The summed E-state index contributed by atoms with van der Waals surface area (Å²) in [6.07, 6.45) is 1.64. The molecule has 1 N–H and O–H groups in total. The third-order valence-electron chi connectivity index (χ3n) is 2.76. The number of benzene rings is 1. The Hall–Kier alpha value is -0.960. The van der Waals surface area contributed by atoms with Crippen molar-refractivity contribution in [3.05, 3.63) is 50.9 Å². The summed E-state index contributed by atoms with van der Waals surface area (Å²) in [4.78, 5) is 4.24. The van der Waals surface area contributed by atoms with Gasteiger partial charge in [0.15, 0.2) is 0 Å². The Kier molecular flexibility index (Phi) is 4.04. The summed E-state index contributed by atoms with van der Waals surface area (Å²) in [7, 11) is -3.64. The van der Waals surface area contributed by atoms with E-state index in [0.717, 1.165) is 20.5 Å². The first-order chi connectivity index (χ1) is 9.97. The molecule has 0 saturated heterocycles. The number of fused-ring (bicyclic) bond motifs is 1. The second kappa shape index (κ2) is 5.68. The fraction of sp³-hybridized carbons (Fsp3) is 0. The Bertz CT molecular complexity index is 898. The van der Waals surface area contributed by atoms with Gasteiger partial charge in [0.05, 0.1) is 15.0 Å². The topological polar surface area (TPSA) is 59.1 Å². The van der Waals surface area contributed by atoms with Gasteiger partial charge >= 0.3 is 0 Å². The van der Waals surface area contributed by atoms with Gasteiger partial charge in [0, 0.05) is 16.1 Å². The summed E-state index contributed by atoms with van der Waals surface area (Å²) in [5.74, 6) is 0. The van der Waals surface area contributed by atoms with E-state index < -0.39 is 10.0 Å². The van der Waals surface area contributed by atoms with Gasteiger partial charge in [-0.3, -0.25) is 9.71 Å². The average molecular weight is 448 g/mol. The Morgan fingerprint density at radius 1 is 1.14 bits per heavy atom. The van der Waals surface area contributed by atoms with Crippen molar-refractivity contribution >= 4 is 69.8 Å². The van der Waals surface area contributed by atoms with Crippen LogP contribution in [0.15, 0.2) is 55.1 Å². The van der Waals surface area contributed by atoms with E-state index in [-0.39, 0.29) is 4.21 Å². The first kappa shape index (κ1) is 15.0. The first-order valence-electron chi connectivity index (χ1n) is 5.79. The van der Waals surface area contributed by atoms with Crippen molar-refractivity contribution in [3.63, 3.8) is 0 Å². The van der Waals surface area contributed by atoms with Gasteiger partial charge in [-0.1, -0.05) is 18.2 Å². The Morgan fingerprint density at radius 3 is 2.62 bits per heavy atom. The predicted octanol–water partition coefficient (Wildman–Crippen LogP) is 4.62. The summed E-state index contributed by atoms with van der Waals surface area (Å²) >= 11 is 7.74. The third-order valence-corrected chi connectivity index (χ3v) is 7.86. The number of pyridine rings is 1. The lowest BCUT2D eigenvalue weighted by Crippen LogP contribution is -2.11. The number of sulfonamides is 1. The number of nitrogens with one attached hydrogen (secondary N) is 1. The summed E-state index contributed by atoms with van der Waals surface area (Å²) in [6.45, 7) is 0. The van der Waals surface area contributed by atoms with Crippen LogP contribution in [0.5, 0.6) is 0 Å². The van der Waals surface area contributed by atoms with Crippen molar-refractivity contribution in [2.24, 2.45) is 0 Å². The molecule has 0 amide bonds. The molecule has 4 nitrogen and oxygen atoms in total. The minimum Gasteiger partial charge on any atom is -0.277 e. The molecule has 0 radical (unpaired) electrons. The minimum atomic E-state index is -3.64. The maximum absolute atomic E-state index is 12.4. The molecule has 8 heteroatoms. The predicted molar refractivity (Wildman–Crippen MR) is 92.3 cm³/mol. The van der Waals surface area contributed by atoms with Crippen LogP contribution >= 0.6 is 43.2 Å². The molecular weight excluding hydrogens is 440 g/mol. The molecule has 3 rings (SSSR count). The molecule has 0 saturated carbocycles. The highest BCUT2D eigenvalue weighted by molar-refractivity contribution is 9.13. The van der Waals surface area contributed by atoms with Crippen molar-refractivity contribution in [2.45, 2.75) is 4.21 Å². The average Bonchev–Trinajstić information content (AvgIpc) is 2.80. The SMILES string of the molecule is O=S(=O)(Nc1cccc2cccnc12)c1cc(Br)c(Br)s1. The van der Waals surface area contributed by atoms with E-state index in [1.54, 1.807) is 24.4 Å². The Balaban J connectivity index is 2.05. The Morgan fingerprint density at radius 2 is 1.90 bits per heavy atom. The lowest BCUT2D eigenvalue weighted by atomic mass is 10.2. The van der Waals surface area contributed by atoms with E-state index in [2.05, 4.69) is 41.6 Å². The van der Waals surface area contributed by atoms with Gasteiger partial charge < -0.3 is 0 Å². The Labute approximate surface area is 142 Å². The molecule has 0 unspecified atom stereocenters. The molecule has 2 aromatic heterocycles. The maximum Gasteiger partial charge on any atom is 0.271 e. The number of para-hydroxylation sites is 1. The molecule has 21 heavy (non-hydrogen) atoms. The highest BCUT2D eigenvalue weighted by Crippen LogP contribution is 2.36. The van der Waals surface area contributed by atoms with Crippen LogP contribution < -0.4 is 4.72 Å². The van der Waals surface area contributed by atoms with Gasteiger partial charge in [-0.25, -0.2) is 8.42 Å². The van der Waals surface area contributed by atoms with Crippen LogP contribution in [0, 0.1) is 0 Å². The zero-order valence-corrected chi connectivity index (χ0v) is 15.2. The van der Waals surface area contributed by atoms with E-state index >= 15 is 0 Å². The minimum absolute atomic E-state index is 0.231. The first-order valence-corrected chi connectivity index (χ1v) is 9.67. The lowest BCUT2D eigenvalue weighted by molar-refractivity contribution is 0.603.